The van der Waals surface area contributed by atoms with Gasteiger partial charge in [0.15, 0.2) is 11.6 Å². The van der Waals surface area contributed by atoms with Gasteiger partial charge in [-0.25, -0.2) is 19.5 Å². The summed E-state index contributed by atoms with van der Waals surface area (Å²) in [5.41, 5.74) is 7.51. The minimum absolute atomic E-state index is 0.0744. The highest BCUT2D eigenvalue weighted by Gasteiger charge is 2.28. The maximum Gasteiger partial charge on any atom is 0.283 e. The van der Waals surface area contributed by atoms with Crippen LogP contribution in [0.15, 0.2) is 48.9 Å². The standard InChI is InChI=1S/C23H24Cl2N8O3/c1-35-11-9-31-18(5-7-28-31)23(34)33(20-6-8-29-32(20)10-12-36-2)19-14-27-21(22(26)30-19)16-13-15(24)3-4-17(16)25/h3-8,13-14H,9-12H2,1-2H3,(H2,26,30). The number of carbonyl (C=O) groups excluding carboxylic acids is 1. The Kier molecular flexibility index (Phi) is 8.16. The molecule has 1 aromatic carbocycles. The molecule has 0 radical (unpaired) electrons. The first kappa shape index (κ1) is 25.6. The molecule has 2 N–H and O–H groups in total. The van der Waals surface area contributed by atoms with Crippen LogP contribution < -0.4 is 10.6 Å². The topological polar surface area (TPSA) is 126 Å². The summed E-state index contributed by atoms with van der Waals surface area (Å²) in [6.07, 6.45) is 4.59. The van der Waals surface area contributed by atoms with Crippen molar-refractivity contribution >= 4 is 46.6 Å². The molecule has 0 saturated heterocycles. The molecule has 0 saturated carbocycles. The first-order valence-electron chi connectivity index (χ1n) is 10.9. The smallest absolute Gasteiger partial charge is 0.283 e. The van der Waals surface area contributed by atoms with E-state index in [0.29, 0.717) is 59.1 Å². The SMILES string of the molecule is COCCn1nccc1C(=O)N(c1cnc(-c2cc(Cl)ccc2Cl)c(N)n1)c1ccnn1CCOC. The molecular formula is C23H24Cl2N8O3. The van der Waals surface area contributed by atoms with Crippen LogP contribution >= 0.6 is 23.2 Å². The number of aromatic nitrogens is 6. The Bertz CT molecular complexity index is 1360. The molecule has 11 nitrogen and oxygen atoms in total. The zero-order chi connectivity index (χ0) is 25.7. The Morgan fingerprint density at radius 1 is 1.03 bits per heavy atom. The predicted molar refractivity (Wildman–Crippen MR) is 137 cm³/mol. The van der Waals surface area contributed by atoms with Crippen LogP contribution in [-0.2, 0) is 22.6 Å². The van der Waals surface area contributed by atoms with Gasteiger partial charge in [-0.15, -0.1) is 0 Å². The lowest BCUT2D eigenvalue weighted by Gasteiger charge is -2.23. The fourth-order valence-electron chi connectivity index (χ4n) is 3.56. The zero-order valence-electron chi connectivity index (χ0n) is 19.6. The van der Waals surface area contributed by atoms with Crippen molar-refractivity contribution in [1.82, 2.24) is 29.5 Å². The van der Waals surface area contributed by atoms with Gasteiger partial charge in [0.1, 0.15) is 17.2 Å². The van der Waals surface area contributed by atoms with Crippen LogP contribution in [0.5, 0.6) is 0 Å². The number of nitrogen functional groups attached to an aromatic ring is 1. The summed E-state index contributed by atoms with van der Waals surface area (Å²) in [7, 11) is 3.17. The summed E-state index contributed by atoms with van der Waals surface area (Å²) in [5.74, 6) is 0.326. The highest BCUT2D eigenvalue weighted by molar-refractivity contribution is 6.35. The normalized spacial score (nSPS) is 11.1. The Hall–Kier alpha value is -3.51. The molecule has 0 aliphatic rings. The minimum Gasteiger partial charge on any atom is -0.383 e. The fourth-order valence-corrected chi connectivity index (χ4v) is 3.94. The third-order valence-corrected chi connectivity index (χ3v) is 5.84. The molecule has 1 amide bonds. The zero-order valence-corrected chi connectivity index (χ0v) is 21.1. The van der Waals surface area contributed by atoms with Gasteiger partial charge in [-0.3, -0.25) is 9.48 Å². The van der Waals surface area contributed by atoms with Gasteiger partial charge in [-0.2, -0.15) is 10.2 Å². The average molecular weight is 531 g/mol. The number of hydrogen-bond acceptors (Lipinski definition) is 8. The summed E-state index contributed by atoms with van der Waals surface area (Å²) in [6.45, 7) is 1.57. The first-order chi connectivity index (χ1) is 17.4. The van der Waals surface area contributed by atoms with Crippen molar-refractivity contribution in [1.29, 1.82) is 0 Å². The molecule has 0 fully saturated rings. The van der Waals surface area contributed by atoms with Crippen molar-refractivity contribution in [2.45, 2.75) is 13.1 Å². The number of anilines is 3. The molecule has 0 spiro atoms. The lowest BCUT2D eigenvalue weighted by Crippen LogP contribution is -2.32. The van der Waals surface area contributed by atoms with Crippen LogP contribution in [-0.4, -0.2) is 62.9 Å². The Morgan fingerprint density at radius 2 is 1.72 bits per heavy atom. The molecular weight excluding hydrogens is 507 g/mol. The molecule has 3 heterocycles. The molecule has 4 aromatic rings. The fraction of sp³-hybridized carbons (Fsp3) is 0.261. The minimum atomic E-state index is -0.398. The van der Waals surface area contributed by atoms with E-state index >= 15 is 0 Å². The van der Waals surface area contributed by atoms with E-state index in [0.717, 1.165) is 0 Å². The number of benzene rings is 1. The molecule has 0 aliphatic carbocycles. The lowest BCUT2D eigenvalue weighted by atomic mass is 10.1. The quantitative estimate of drug-likeness (QED) is 0.328. The van der Waals surface area contributed by atoms with Crippen molar-refractivity contribution in [2.75, 3.05) is 38.1 Å². The van der Waals surface area contributed by atoms with Crippen LogP contribution in [0.2, 0.25) is 10.0 Å². The molecule has 13 heteroatoms. The van der Waals surface area contributed by atoms with Gasteiger partial charge < -0.3 is 15.2 Å². The summed E-state index contributed by atoms with van der Waals surface area (Å²) >= 11 is 12.5. The number of hydrogen-bond donors (Lipinski definition) is 1. The van der Waals surface area contributed by atoms with Crippen LogP contribution in [0.25, 0.3) is 11.3 Å². The number of nitrogens with two attached hydrogens (primary N) is 1. The molecule has 0 unspecified atom stereocenters. The molecule has 4 rings (SSSR count). The molecule has 36 heavy (non-hydrogen) atoms. The predicted octanol–water partition coefficient (Wildman–Crippen LogP) is 3.70. The van der Waals surface area contributed by atoms with E-state index < -0.39 is 5.91 Å². The molecule has 3 aromatic heterocycles. The number of ether oxygens (including phenoxy) is 2. The van der Waals surface area contributed by atoms with Gasteiger partial charge in [0, 0.05) is 37.1 Å². The maximum absolute atomic E-state index is 13.9. The summed E-state index contributed by atoms with van der Waals surface area (Å²) < 4.78 is 13.5. The monoisotopic (exact) mass is 530 g/mol. The Morgan fingerprint density at radius 3 is 2.44 bits per heavy atom. The van der Waals surface area contributed by atoms with Crippen molar-refractivity contribution in [3.63, 3.8) is 0 Å². The van der Waals surface area contributed by atoms with E-state index in [-0.39, 0.29) is 11.6 Å². The first-order valence-corrected chi connectivity index (χ1v) is 11.6. The van der Waals surface area contributed by atoms with Gasteiger partial charge in [0.2, 0.25) is 0 Å². The maximum atomic E-state index is 13.9. The van der Waals surface area contributed by atoms with Crippen molar-refractivity contribution in [3.05, 3.63) is 64.7 Å². The van der Waals surface area contributed by atoms with E-state index in [1.54, 1.807) is 66.3 Å². The average Bonchev–Trinajstić information content (AvgIpc) is 3.53. The van der Waals surface area contributed by atoms with Gasteiger partial charge in [0.05, 0.1) is 43.7 Å². The van der Waals surface area contributed by atoms with Crippen molar-refractivity contribution < 1.29 is 14.3 Å². The van der Waals surface area contributed by atoms with Gasteiger partial charge in [-0.05, 0) is 24.3 Å². The van der Waals surface area contributed by atoms with E-state index in [9.17, 15) is 4.79 Å². The largest absolute Gasteiger partial charge is 0.383 e. The second kappa shape index (κ2) is 11.5. The number of nitrogens with zero attached hydrogens (tertiary/aromatic N) is 7. The molecule has 188 valence electrons. The Labute approximate surface area is 217 Å². The third-order valence-electron chi connectivity index (χ3n) is 5.28. The van der Waals surface area contributed by atoms with Crippen LogP contribution in [0, 0.1) is 0 Å². The van der Waals surface area contributed by atoms with Crippen molar-refractivity contribution in [3.8, 4) is 11.3 Å². The number of halogens is 2. The molecule has 0 aliphatic heterocycles. The summed E-state index contributed by atoms with van der Waals surface area (Å²) in [4.78, 5) is 24.3. The van der Waals surface area contributed by atoms with E-state index in [4.69, 9.17) is 38.4 Å². The van der Waals surface area contributed by atoms with Crippen LogP contribution in [0.1, 0.15) is 10.5 Å². The van der Waals surface area contributed by atoms with E-state index in [2.05, 4.69) is 20.2 Å². The van der Waals surface area contributed by atoms with E-state index in [1.165, 1.54) is 11.1 Å². The van der Waals surface area contributed by atoms with Crippen molar-refractivity contribution in [2.24, 2.45) is 0 Å². The van der Waals surface area contributed by atoms with Gasteiger partial charge in [0.25, 0.3) is 5.91 Å². The highest BCUT2D eigenvalue weighted by Crippen LogP contribution is 2.34. The van der Waals surface area contributed by atoms with Gasteiger partial charge in [-0.1, -0.05) is 23.2 Å². The third kappa shape index (κ3) is 5.34. The molecule has 0 bridgehead atoms. The van der Waals surface area contributed by atoms with Gasteiger partial charge >= 0.3 is 0 Å². The molecule has 0 atom stereocenters. The highest BCUT2D eigenvalue weighted by atomic mass is 35.5. The summed E-state index contributed by atoms with van der Waals surface area (Å²) in [6, 6.07) is 8.29. The Balaban J connectivity index is 1.80. The second-order valence-corrected chi connectivity index (χ2v) is 8.41. The van der Waals surface area contributed by atoms with Crippen LogP contribution in [0.3, 0.4) is 0 Å². The number of rotatable bonds is 10. The number of amides is 1. The summed E-state index contributed by atoms with van der Waals surface area (Å²) in [5, 5.41) is 9.48. The number of carbonyl (C=O) groups is 1. The number of methoxy groups -OCH3 is 2. The lowest BCUT2D eigenvalue weighted by molar-refractivity contribution is 0.0982. The second-order valence-electron chi connectivity index (χ2n) is 7.56. The van der Waals surface area contributed by atoms with Crippen LogP contribution in [0.4, 0.5) is 17.5 Å². The van der Waals surface area contributed by atoms with E-state index in [1.807, 2.05) is 0 Å².